The average Bonchev–Trinajstić information content (AvgIpc) is 2.82. The number of nitrogens with zero attached hydrogens (tertiary/aromatic N) is 1. The maximum absolute atomic E-state index is 4.40. The first-order valence-corrected chi connectivity index (χ1v) is 5.65. The lowest BCUT2D eigenvalue weighted by atomic mass is 10.1. The van der Waals surface area contributed by atoms with Crippen molar-refractivity contribution in [1.82, 2.24) is 4.90 Å². The largest absolute Gasteiger partial charge is 0.306 e. The Labute approximate surface area is 81.9 Å². The third-order valence-corrected chi connectivity index (χ3v) is 3.46. The predicted octanol–water partition coefficient (Wildman–Crippen LogP) is 2.43. The van der Waals surface area contributed by atoms with Crippen molar-refractivity contribution < 1.29 is 0 Å². The molecular weight excluding hydrogens is 166 g/mol. The summed E-state index contributed by atoms with van der Waals surface area (Å²) in [6.45, 7) is 4.77. The van der Waals surface area contributed by atoms with Crippen LogP contribution >= 0.6 is 12.6 Å². The molecule has 2 heteroatoms. The molecule has 1 aliphatic rings. The Balaban J connectivity index is 2.13. The van der Waals surface area contributed by atoms with Gasteiger partial charge in [0.2, 0.25) is 0 Å². The van der Waals surface area contributed by atoms with Gasteiger partial charge in [-0.1, -0.05) is 13.3 Å². The van der Waals surface area contributed by atoms with Crippen molar-refractivity contribution in [3.8, 4) is 0 Å². The Kier molecular flexibility index (Phi) is 3.91. The number of unbranched alkanes of at least 4 members (excludes halogenated alkanes) is 1. The van der Waals surface area contributed by atoms with E-state index in [0.29, 0.717) is 5.41 Å². The van der Waals surface area contributed by atoms with Crippen LogP contribution in [0.25, 0.3) is 0 Å². The first-order valence-electron chi connectivity index (χ1n) is 5.02. The summed E-state index contributed by atoms with van der Waals surface area (Å²) in [6.07, 6.45) is 5.43. The van der Waals surface area contributed by atoms with E-state index in [1.165, 1.54) is 38.8 Å². The van der Waals surface area contributed by atoms with Crippen LogP contribution in [0.2, 0.25) is 0 Å². The van der Waals surface area contributed by atoms with Crippen molar-refractivity contribution in [2.75, 3.05) is 25.9 Å². The third kappa shape index (κ3) is 2.98. The lowest BCUT2D eigenvalue weighted by Gasteiger charge is -2.21. The van der Waals surface area contributed by atoms with Gasteiger partial charge in [-0.05, 0) is 44.0 Å². The second-order valence-electron chi connectivity index (χ2n) is 4.25. The zero-order chi connectivity index (χ0) is 9.03. The summed E-state index contributed by atoms with van der Waals surface area (Å²) >= 11 is 4.40. The van der Waals surface area contributed by atoms with Crippen molar-refractivity contribution in [2.45, 2.75) is 32.6 Å². The Morgan fingerprint density at radius 3 is 2.50 bits per heavy atom. The van der Waals surface area contributed by atoms with Crippen LogP contribution in [-0.4, -0.2) is 30.8 Å². The van der Waals surface area contributed by atoms with Crippen LogP contribution in [-0.2, 0) is 0 Å². The molecule has 1 rings (SSSR count). The van der Waals surface area contributed by atoms with Gasteiger partial charge in [0.25, 0.3) is 0 Å². The van der Waals surface area contributed by atoms with E-state index in [9.17, 15) is 0 Å². The molecule has 72 valence electrons. The predicted molar refractivity (Wildman–Crippen MR) is 57.9 cm³/mol. The maximum atomic E-state index is 4.40. The molecule has 0 unspecified atom stereocenters. The highest BCUT2D eigenvalue weighted by Crippen LogP contribution is 2.46. The van der Waals surface area contributed by atoms with E-state index in [2.05, 4.69) is 31.5 Å². The van der Waals surface area contributed by atoms with Crippen molar-refractivity contribution >= 4 is 12.6 Å². The van der Waals surface area contributed by atoms with Crippen LogP contribution in [0.1, 0.15) is 32.6 Å². The van der Waals surface area contributed by atoms with Gasteiger partial charge in [0, 0.05) is 6.54 Å². The number of hydrogen-bond donors (Lipinski definition) is 1. The smallest absolute Gasteiger partial charge is 0.00427 e. The molecule has 1 aliphatic carbocycles. The van der Waals surface area contributed by atoms with E-state index in [1.807, 2.05) is 0 Å². The summed E-state index contributed by atoms with van der Waals surface area (Å²) in [6, 6.07) is 0. The minimum absolute atomic E-state index is 0.603. The van der Waals surface area contributed by atoms with Gasteiger partial charge < -0.3 is 4.90 Å². The molecule has 0 saturated heterocycles. The molecule has 0 heterocycles. The monoisotopic (exact) mass is 187 g/mol. The van der Waals surface area contributed by atoms with Crippen LogP contribution in [0.15, 0.2) is 0 Å². The van der Waals surface area contributed by atoms with Crippen LogP contribution in [0, 0.1) is 5.41 Å². The second-order valence-corrected chi connectivity index (χ2v) is 4.57. The molecule has 0 bridgehead atoms. The lowest BCUT2D eigenvalue weighted by Crippen LogP contribution is -2.28. The standard InChI is InChI=1S/C10H21NS/c1-3-4-7-11(2)8-10(9-12)5-6-10/h12H,3-9H2,1-2H3. The topological polar surface area (TPSA) is 3.24 Å². The molecule has 0 aromatic heterocycles. The number of hydrogen-bond acceptors (Lipinski definition) is 2. The molecule has 1 fully saturated rings. The van der Waals surface area contributed by atoms with E-state index in [-0.39, 0.29) is 0 Å². The molecule has 0 radical (unpaired) electrons. The number of rotatable bonds is 6. The van der Waals surface area contributed by atoms with Crippen LogP contribution in [0.5, 0.6) is 0 Å². The van der Waals surface area contributed by atoms with Crippen LogP contribution < -0.4 is 0 Å². The highest BCUT2D eigenvalue weighted by molar-refractivity contribution is 7.80. The van der Waals surface area contributed by atoms with Crippen molar-refractivity contribution in [3.05, 3.63) is 0 Å². The minimum atomic E-state index is 0.603. The van der Waals surface area contributed by atoms with E-state index >= 15 is 0 Å². The second kappa shape index (κ2) is 4.52. The molecule has 12 heavy (non-hydrogen) atoms. The van der Waals surface area contributed by atoms with Crippen LogP contribution in [0.4, 0.5) is 0 Å². The summed E-state index contributed by atoms with van der Waals surface area (Å²) in [5.41, 5.74) is 0.603. The van der Waals surface area contributed by atoms with Crippen molar-refractivity contribution in [1.29, 1.82) is 0 Å². The SMILES string of the molecule is CCCCN(C)CC1(CS)CC1. The van der Waals surface area contributed by atoms with Gasteiger partial charge in [0.15, 0.2) is 0 Å². The average molecular weight is 187 g/mol. The summed E-state index contributed by atoms with van der Waals surface area (Å²) in [5, 5.41) is 0. The normalized spacial score (nSPS) is 20.0. The molecule has 0 N–H and O–H groups in total. The third-order valence-electron chi connectivity index (χ3n) is 2.79. The molecule has 0 aromatic rings. The fourth-order valence-corrected chi connectivity index (χ4v) is 2.04. The zero-order valence-electron chi connectivity index (χ0n) is 8.34. The molecule has 0 atom stereocenters. The van der Waals surface area contributed by atoms with Gasteiger partial charge >= 0.3 is 0 Å². The molecular formula is C10H21NS. The van der Waals surface area contributed by atoms with E-state index < -0.39 is 0 Å². The molecule has 1 nitrogen and oxygen atoms in total. The van der Waals surface area contributed by atoms with E-state index in [0.717, 1.165) is 5.75 Å². The van der Waals surface area contributed by atoms with Gasteiger partial charge in [-0.25, -0.2) is 0 Å². The quantitative estimate of drug-likeness (QED) is 0.625. The molecule has 0 aromatic carbocycles. The lowest BCUT2D eigenvalue weighted by molar-refractivity contribution is 0.274. The molecule has 0 amide bonds. The Morgan fingerprint density at radius 1 is 1.42 bits per heavy atom. The highest BCUT2D eigenvalue weighted by atomic mass is 32.1. The molecule has 1 saturated carbocycles. The molecule has 0 aliphatic heterocycles. The summed E-state index contributed by atoms with van der Waals surface area (Å²) < 4.78 is 0. The number of thiol groups is 1. The van der Waals surface area contributed by atoms with E-state index in [1.54, 1.807) is 0 Å². The first-order chi connectivity index (χ1) is 5.72. The highest BCUT2D eigenvalue weighted by Gasteiger charge is 2.41. The van der Waals surface area contributed by atoms with Crippen molar-refractivity contribution in [2.24, 2.45) is 5.41 Å². The minimum Gasteiger partial charge on any atom is -0.306 e. The van der Waals surface area contributed by atoms with Gasteiger partial charge in [0.05, 0.1) is 0 Å². The Morgan fingerprint density at radius 2 is 2.08 bits per heavy atom. The van der Waals surface area contributed by atoms with Gasteiger partial charge in [-0.2, -0.15) is 12.6 Å². The zero-order valence-corrected chi connectivity index (χ0v) is 9.24. The summed E-state index contributed by atoms with van der Waals surface area (Å²) in [4.78, 5) is 2.46. The van der Waals surface area contributed by atoms with Gasteiger partial charge in [-0.3, -0.25) is 0 Å². The van der Waals surface area contributed by atoms with E-state index in [4.69, 9.17) is 0 Å². The first kappa shape index (κ1) is 10.4. The van der Waals surface area contributed by atoms with Gasteiger partial charge in [0.1, 0.15) is 0 Å². The molecule has 0 spiro atoms. The maximum Gasteiger partial charge on any atom is 0.00427 e. The summed E-state index contributed by atoms with van der Waals surface area (Å²) in [7, 11) is 2.24. The van der Waals surface area contributed by atoms with Crippen molar-refractivity contribution in [3.63, 3.8) is 0 Å². The van der Waals surface area contributed by atoms with Gasteiger partial charge in [-0.15, -0.1) is 0 Å². The summed E-state index contributed by atoms with van der Waals surface area (Å²) in [5.74, 6) is 1.07. The van der Waals surface area contributed by atoms with Crippen LogP contribution in [0.3, 0.4) is 0 Å². The Hall–Kier alpha value is 0.310. The Bertz CT molecular complexity index is 132. The fraction of sp³-hybridized carbons (Fsp3) is 1.00. The fourth-order valence-electron chi connectivity index (χ4n) is 1.62.